The number of carbonyl (C=O) groups is 1. The van der Waals surface area contributed by atoms with Crippen molar-refractivity contribution < 1.29 is 14.3 Å². The lowest BCUT2D eigenvalue weighted by Crippen LogP contribution is -2.15. The normalized spacial score (nSPS) is 10.1. The molecular formula is C19H18N4O3. The first-order valence-electron chi connectivity index (χ1n) is 7.89. The molecular weight excluding hydrogens is 332 g/mol. The van der Waals surface area contributed by atoms with Crippen molar-refractivity contribution in [1.29, 1.82) is 0 Å². The number of rotatable bonds is 6. The molecule has 0 unspecified atom stereocenters. The van der Waals surface area contributed by atoms with Crippen molar-refractivity contribution in [2.24, 2.45) is 0 Å². The molecule has 0 aliphatic heterocycles. The molecule has 132 valence electrons. The van der Waals surface area contributed by atoms with Gasteiger partial charge in [-0.2, -0.15) is 0 Å². The summed E-state index contributed by atoms with van der Waals surface area (Å²) in [5, 5.41) is 13.9. The van der Waals surface area contributed by atoms with Gasteiger partial charge in [-0.3, -0.25) is 4.79 Å². The first-order valence-corrected chi connectivity index (χ1v) is 7.89. The van der Waals surface area contributed by atoms with Gasteiger partial charge >= 0.3 is 0 Å². The summed E-state index contributed by atoms with van der Waals surface area (Å²) in [7, 11) is 3.16. The van der Waals surface area contributed by atoms with Crippen LogP contribution in [0.25, 0.3) is 0 Å². The van der Waals surface area contributed by atoms with Crippen molar-refractivity contribution >= 4 is 23.1 Å². The van der Waals surface area contributed by atoms with Crippen LogP contribution in [-0.2, 0) is 0 Å². The fraction of sp³-hybridized carbons (Fsp3) is 0.105. The number of benzene rings is 2. The molecule has 3 aromatic rings. The van der Waals surface area contributed by atoms with E-state index >= 15 is 0 Å². The van der Waals surface area contributed by atoms with Crippen LogP contribution >= 0.6 is 0 Å². The maximum atomic E-state index is 12.3. The molecule has 1 aromatic heterocycles. The van der Waals surface area contributed by atoms with E-state index in [9.17, 15) is 4.79 Å². The minimum atomic E-state index is -0.363. The predicted molar refractivity (Wildman–Crippen MR) is 99.3 cm³/mol. The summed E-state index contributed by atoms with van der Waals surface area (Å²) < 4.78 is 10.3. The maximum absolute atomic E-state index is 12.3. The molecule has 1 amide bonds. The number of amides is 1. The monoisotopic (exact) mass is 350 g/mol. The van der Waals surface area contributed by atoms with Gasteiger partial charge in [0.1, 0.15) is 11.5 Å². The zero-order valence-electron chi connectivity index (χ0n) is 14.4. The number of para-hydroxylation sites is 2. The Balaban J connectivity index is 1.67. The average Bonchev–Trinajstić information content (AvgIpc) is 2.69. The second-order valence-corrected chi connectivity index (χ2v) is 5.31. The molecule has 0 fully saturated rings. The molecule has 0 radical (unpaired) electrons. The van der Waals surface area contributed by atoms with E-state index in [4.69, 9.17) is 9.47 Å². The Kier molecular flexibility index (Phi) is 5.28. The standard InChI is InChI=1S/C19H18N4O3/c1-25-14-9-7-13(8-10-14)20-18-12-11-16(22-23-18)19(24)21-15-5-3-4-6-17(15)26-2/h3-12H,1-2H3,(H,20,23)(H,21,24). The van der Waals surface area contributed by atoms with E-state index in [1.165, 1.54) is 0 Å². The molecule has 0 saturated carbocycles. The van der Waals surface area contributed by atoms with Gasteiger partial charge in [0.05, 0.1) is 19.9 Å². The van der Waals surface area contributed by atoms with Gasteiger partial charge in [0.25, 0.3) is 5.91 Å². The third kappa shape index (κ3) is 4.07. The highest BCUT2D eigenvalue weighted by Gasteiger charge is 2.11. The highest BCUT2D eigenvalue weighted by Crippen LogP contribution is 2.23. The van der Waals surface area contributed by atoms with Gasteiger partial charge in [-0.15, -0.1) is 10.2 Å². The van der Waals surface area contributed by atoms with E-state index < -0.39 is 0 Å². The Morgan fingerprint density at radius 3 is 2.31 bits per heavy atom. The number of hydrogen-bond donors (Lipinski definition) is 2. The number of nitrogens with zero attached hydrogens (tertiary/aromatic N) is 2. The SMILES string of the molecule is COc1ccc(Nc2ccc(C(=O)Nc3ccccc3OC)nn2)cc1. The molecule has 0 atom stereocenters. The van der Waals surface area contributed by atoms with Gasteiger partial charge in [0, 0.05) is 5.69 Å². The molecule has 0 aliphatic carbocycles. The van der Waals surface area contributed by atoms with Crippen LogP contribution in [0.1, 0.15) is 10.5 Å². The lowest BCUT2D eigenvalue weighted by Gasteiger charge is -2.09. The Labute approximate surface area is 151 Å². The van der Waals surface area contributed by atoms with Crippen LogP contribution in [0, 0.1) is 0 Å². The molecule has 0 spiro atoms. The number of anilines is 3. The molecule has 2 aromatic carbocycles. The Morgan fingerprint density at radius 2 is 1.65 bits per heavy atom. The molecule has 0 aliphatic rings. The first kappa shape index (κ1) is 17.2. The van der Waals surface area contributed by atoms with Crippen molar-refractivity contribution in [2.45, 2.75) is 0 Å². The average molecular weight is 350 g/mol. The third-order valence-electron chi connectivity index (χ3n) is 3.61. The van der Waals surface area contributed by atoms with Gasteiger partial charge in [-0.05, 0) is 48.5 Å². The van der Waals surface area contributed by atoms with Crippen molar-refractivity contribution in [1.82, 2.24) is 10.2 Å². The predicted octanol–water partition coefficient (Wildman–Crippen LogP) is 3.49. The van der Waals surface area contributed by atoms with Crippen molar-refractivity contribution in [3.63, 3.8) is 0 Å². The van der Waals surface area contributed by atoms with Crippen LogP contribution in [0.3, 0.4) is 0 Å². The Morgan fingerprint density at radius 1 is 0.885 bits per heavy atom. The van der Waals surface area contributed by atoms with E-state index in [1.54, 1.807) is 38.5 Å². The molecule has 7 nitrogen and oxygen atoms in total. The number of hydrogen-bond acceptors (Lipinski definition) is 6. The van der Waals surface area contributed by atoms with E-state index in [0.29, 0.717) is 17.3 Å². The number of aromatic nitrogens is 2. The fourth-order valence-electron chi connectivity index (χ4n) is 2.28. The van der Waals surface area contributed by atoms with Gasteiger partial charge in [-0.1, -0.05) is 12.1 Å². The third-order valence-corrected chi connectivity index (χ3v) is 3.61. The fourth-order valence-corrected chi connectivity index (χ4v) is 2.28. The second kappa shape index (κ2) is 7.98. The quantitative estimate of drug-likeness (QED) is 0.708. The van der Waals surface area contributed by atoms with E-state index in [1.807, 2.05) is 36.4 Å². The van der Waals surface area contributed by atoms with Crippen LogP contribution in [0.5, 0.6) is 11.5 Å². The zero-order chi connectivity index (χ0) is 18.4. The summed E-state index contributed by atoms with van der Waals surface area (Å²) in [5.74, 6) is 1.51. The number of nitrogens with one attached hydrogen (secondary N) is 2. The molecule has 7 heteroatoms. The van der Waals surface area contributed by atoms with Crippen molar-refractivity contribution in [3.8, 4) is 11.5 Å². The zero-order valence-corrected chi connectivity index (χ0v) is 14.4. The lowest BCUT2D eigenvalue weighted by atomic mass is 10.2. The number of methoxy groups -OCH3 is 2. The van der Waals surface area contributed by atoms with Gasteiger partial charge in [0.2, 0.25) is 0 Å². The highest BCUT2D eigenvalue weighted by atomic mass is 16.5. The number of carbonyl (C=O) groups excluding carboxylic acids is 1. The van der Waals surface area contributed by atoms with Crippen LogP contribution < -0.4 is 20.1 Å². The molecule has 0 bridgehead atoms. The van der Waals surface area contributed by atoms with Crippen LogP contribution in [0.4, 0.5) is 17.2 Å². The van der Waals surface area contributed by atoms with E-state index in [-0.39, 0.29) is 11.6 Å². The molecule has 1 heterocycles. The van der Waals surface area contributed by atoms with E-state index in [2.05, 4.69) is 20.8 Å². The van der Waals surface area contributed by atoms with Crippen LogP contribution in [0.2, 0.25) is 0 Å². The van der Waals surface area contributed by atoms with Gasteiger partial charge in [0.15, 0.2) is 11.5 Å². The molecule has 26 heavy (non-hydrogen) atoms. The van der Waals surface area contributed by atoms with Crippen molar-refractivity contribution in [3.05, 3.63) is 66.4 Å². The summed E-state index contributed by atoms with van der Waals surface area (Å²) in [6.07, 6.45) is 0. The van der Waals surface area contributed by atoms with Gasteiger partial charge < -0.3 is 20.1 Å². The summed E-state index contributed by atoms with van der Waals surface area (Å²) in [5.41, 5.74) is 1.62. The maximum Gasteiger partial charge on any atom is 0.276 e. The second-order valence-electron chi connectivity index (χ2n) is 5.31. The summed E-state index contributed by atoms with van der Waals surface area (Å²) >= 11 is 0. The summed E-state index contributed by atoms with van der Waals surface area (Å²) in [6, 6.07) is 17.9. The largest absolute Gasteiger partial charge is 0.497 e. The lowest BCUT2D eigenvalue weighted by molar-refractivity contribution is 0.102. The topological polar surface area (TPSA) is 85.4 Å². The van der Waals surface area contributed by atoms with Gasteiger partial charge in [-0.25, -0.2) is 0 Å². The summed E-state index contributed by atoms with van der Waals surface area (Å²) in [4.78, 5) is 12.3. The van der Waals surface area contributed by atoms with Crippen LogP contribution in [-0.4, -0.2) is 30.3 Å². The van der Waals surface area contributed by atoms with Crippen LogP contribution in [0.15, 0.2) is 60.7 Å². The Hall–Kier alpha value is -3.61. The number of ether oxygens (including phenoxy) is 2. The van der Waals surface area contributed by atoms with E-state index in [0.717, 1.165) is 11.4 Å². The molecule has 2 N–H and O–H groups in total. The Bertz CT molecular complexity index is 880. The highest BCUT2D eigenvalue weighted by molar-refractivity contribution is 6.03. The summed E-state index contributed by atoms with van der Waals surface area (Å²) in [6.45, 7) is 0. The molecule has 3 rings (SSSR count). The first-order chi connectivity index (χ1) is 12.7. The smallest absolute Gasteiger partial charge is 0.276 e. The van der Waals surface area contributed by atoms with Crippen molar-refractivity contribution in [2.75, 3.05) is 24.9 Å². The minimum absolute atomic E-state index is 0.205. The molecule has 0 saturated heterocycles. The minimum Gasteiger partial charge on any atom is -0.497 e.